The highest BCUT2D eigenvalue weighted by atomic mass is 16.5. The topological polar surface area (TPSA) is 81.8 Å². The number of aromatic carboxylic acids is 1. The molecule has 0 radical (unpaired) electrons. The maximum Gasteiger partial charge on any atom is 0.341 e. The van der Waals surface area contributed by atoms with Gasteiger partial charge in [-0.1, -0.05) is 5.16 Å². The monoisotopic (exact) mass is 249 g/mol. The number of benzene rings is 1. The Morgan fingerprint density at radius 1 is 1.28 bits per heavy atom. The Labute approximate surface area is 103 Å². The molecule has 0 bridgehead atoms. The number of rotatable bonds is 4. The summed E-state index contributed by atoms with van der Waals surface area (Å²) in [6.45, 7) is 0. The van der Waals surface area contributed by atoms with Crippen molar-refractivity contribution in [3.8, 4) is 22.8 Å². The lowest BCUT2D eigenvalue weighted by Crippen LogP contribution is -1.96. The van der Waals surface area contributed by atoms with Gasteiger partial charge in [-0.05, 0) is 18.2 Å². The average molecular weight is 249 g/mol. The second-order valence-electron chi connectivity index (χ2n) is 3.44. The molecule has 6 nitrogen and oxygen atoms in total. The van der Waals surface area contributed by atoms with Crippen LogP contribution in [-0.2, 0) is 0 Å². The fourth-order valence-corrected chi connectivity index (χ4v) is 1.58. The van der Waals surface area contributed by atoms with Gasteiger partial charge < -0.3 is 19.1 Å². The van der Waals surface area contributed by atoms with E-state index in [4.69, 9.17) is 19.1 Å². The number of carboxylic acid groups (broad SMARTS) is 1. The third-order valence-corrected chi connectivity index (χ3v) is 2.45. The van der Waals surface area contributed by atoms with Gasteiger partial charge in [0.2, 0.25) is 0 Å². The van der Waals surface area contributed by atoms with Gasteiger partial charge in [0.1, 0.15) is 5.56 Å². The van der Waals surface area contributed by atoms with Gasteiger partial charge in [0.05, 0.1) is 20.4 Å². The Bertz CT molecular complexity index is 576. The Kier molecular flexibility index (Phi) is 3.18. The minimum Gasteiger partial charge on any atom is -0.493 e. The van der Waals surface area contributed by atoms with E-state index in [2.05, 4.69) is 5.16 Å². The predicted molar refractivity (Wildman–Crippen MR) is 62.0 cm³/mol. The number of hydrogen-bond donors (Lipinski definition) is 1. The lowest BCUT2D eigenvalue weighted by molar-refractivity contribution is 0.0697. The van der Waals surface area contributed by atoms with Crippen LogP contribution in [0, 0.1) is 0 Å². The molecule has 94 valence electrons. The molecule has 0 saturated heterocycles. The molecule has 0 atom stereocenters. The van der Waals surface area contributed by atoms with Gasteiger partial charge in [0.25, 0.3) is 0 Å². The largest absolute Gasteiger partial charge is 0.493 e. The van der Waals surface area contributed by atoms with Gasteiger partial charge >= 0.3 is 5.97 Å². The minimum atomic E-state index is -1.10. The lowest BCUT2D eigenvalue weighted by Gasteiger charge is -2.08. The van der Waals surface area contributed by atoms with Crippen molar-refractivity contribution in [1.29, 1.82) is 0 Å². The third kappa shape index (κ3) is 2.00. The van der Waals surface area contributed by atoms with Crippen molar-refractivity contribution in [2.45, 2.75) is 0 Å². The number of aromatic nitrogens is 1. The van der Waals surface area contributed by atoms with Crippen LogP contribution in [0.4, 0.5) is 0 Å². The van der Waals surface area contributed by atoms with Crippen LogP contribution in [0.25, 0.3) is 11.3 Å². The van der Waals surface area contributed by atoms with Gasteiger partial charge in [-0.2, -0.15) is 0 Å². The summed E-state index contributed by atoms with van der Waals surface area (Å²) in [5.41, 5.74) is 0.560. The second-order valence-corrected chi connectivity index (χ2v) is 3.44. The van der Waals surface area contributed by atoms with Crippen LogP contribution >= 0.6 is 0 Å². The molecule has 1 heterocycles. The van der Waals surface area contributed by atoms with Crippen molar-refractivity contribution >= 4 is 5.97 Å². The van der Waals surface area contributed by atoms with Crippen LogP contribution in [-0.4, -0.2) is 30.5 Å². The fraction of sp³-hybridized carbons (Fsp3) is 0.167. The maximum absolute atomic E-state index is 11.0. The van der Waals surface area contributed by atoms with Gasteiger partial charge in [0, 0.05) is 5.56 Å². The van der Waals surface area contributed by atoms with Crippen molar-refractivity contribution in [1.82, 2.24) is 5.16 Å². The molecule has 1 aromatic carbocycles. The summed E-state index contributed by atoms with van der Waals surface area (Å²) < 4.78 is 15.2. The first kappa shape index (κ1) is 12.0. The fourth-order valence-electron chi connectivity index (χ4n) is 1.58. The van der Waals surface area contributed by atoms with Crippen LogP contribution in [0.1, 0.15) is 10.4 Å². The number of carbonyl (C=O) groups is 1. The Morgan fingerprint density at radius 2 is 2.00 bits per heavy atom. The molecule has 0 aliphatic carbocycles. The van der Waals surface area contributed by atoms with Crippen molar-refractivity contribution in [2.24, 2.45) is 0 Å². The molecular formula is C12H11NO5. The summed E-state index contributed by atoms with van der Waals surface area (Å²) in [4.78, 5) is 11.0. The zero-order chi connectivity index (χ0) is 13.1. The summed E-state index contributed by atoms with van der Waals surface area (Å²) in [6, 6.07) is 4.97. The number of hydrogen-bond acceptors (Lipinski definition) is 5. The highest BCUT2D eigenvalue weighted by Crippen LogP contribution is 2.33. The average Bonchev–Trinajstić information content (AvgIpc) is 2.87. The van der Waals surface area contributed by atoms with E-state index in [0.29, 0.717) is 17.1 Å². The molecule has 1 N–H and O–H groups in total. The standard InChI is InChI=1S/C12H11NO5/c1-16-9-4-3-7(5-10(9)17-2)11-8(12(14)15)6-13-18-11/h3-6H,1-2H3,(H,14,15). The van der Waals surface area contributed by atoms with Gasteiger partial charge in [0.15, 0.2) is 17.3 Å². The van der Waals surface area contributed by atoms with E-state index in [1.807, 2.05) is 0 Å². The summed E-state index contributed by atoms with van der Waals surface area (Å²) in [6.07, 6.45) is 1.16. The Balaban J connectivity index is 2.51. The molecule has 18 heavy (non-hydrogen) atoms. The Hall–Kier alpha value is -2.50. The number of carboxylic acids is 1. The van der Waals surface area contributed by atoms with Crippen molar-refractivity contribution in [2.75, 3.05) is 14.2 Å². The van der Waals surface area contributed by atoms with Crippen LogP contribution < -0.4 is 9.47 Å². The number of methoxy groups -OCH3 is 2. The zero-order valence-corrected chi connectivity index (χ0v) is 9.84. The number of ether oxygens (including phenoxy) is 2. The molecule has 1 aromatic heterocycles. The lowest BCUT2D eigenvalue weighted by atomic mass is 10.1. The normalized spacial score (nSPS) is 10.1. The molecular weight excluding hydrogens is 238 g/mol. The molecule has 0 aliphatic heterocycles. The van der Waals surface area contributed by atoms with Crippen LogP contribution in [0.5, 0.6) is 11.5 Å². The molecule has 0 saturated carbocycles. The highest BCUT2D eigenvalue weighted by Gasteiger charge is 2.18. The smallest absolute Gasteiger partial charge is 0.341 e. The highest BCUT2D eigenvalue weighted by molar-refractivity contribution is 5.94. The zero-order valence-electron chi connectivity index (χ0n) is 9.84. The van der Waals surface area contributed by atoms with Crippen LogP contribution in [0.15, 0.2) is 28.9 Å². The van der Waals surface area contributed by atoms with E-state index in [1.54, 1.807) is 18.2 Å². The van der Waals surface area contributed by atoms with E-state index in [-0.39, 0.29) is 11.3 Å². The molecule has 0 unspecified atom stereocenters. The summed E-state index contributed by atoms with van der Waals surface area (Å²) in [7, 11) is 3.02. The predicted octanol–water partition coefficient (Wildman–Crippen LogP) is 2.06. The maximum atomic E-state index is 11.0. The van der Waals surface area contributed by atoms with E-state index in [9.17, 15) is 4.79 Å². The van der Waals surface area contributed by atoms with E-state index in [1.165, 1.54) is 14.2 Å². The van der Waals surface area contributed by atoms with Crippen LogP contribution in [0.2, 0.25) is 0 Å². The van der Waals surface area contributed by atoms with E-state index >= 15 is 0 Å². The summed E-state index contributed by atoms with van der Waals surface area (Å²) >= 11 is 0. The molecule has 2 aromatic rings. The first-order valence-electron chi connectivity index (χ1n) is 5.07. The summed E-state index contributed by atoms with van der Waals surface area (Å²) in [5, 5.41) is 12.5. The van der Waals surface area contributed by atoms with E-state index < -0.39 is 5.97 Å². The SMILES string of the molecule is COc1ccc(-c2oncc2C(=O)O)cc1OC. The molecule has 0 spiro atoms. The van der Waals surface area contributed by atoms with Crippen molar-refractivity contribution in [3.05, 3.63) is 30.0 Å². The molecule has 0 amide bonds. The molecule has 2 rings (SSSR count). The Morgan fingerprint density at radius 3 is 2.61 bits per heavy atom. The first-order chi connectivity index (χ1) is 8.67. The van der Waals surface area contributed by atoms with Crippen molar-refractivity contribution < 1.29 is 23.9 Å². The molecule has 0 fully saturated rings. The first-order valence-corrected chi connectivity index (χ1v) is 5.07. The third-order valence-electron chi connectivity index (χ3n) is 2.45. The molecule has 0 aliphatic rings. The quantitative estimate of drug-likeness (QED) is 0.893. The van der Waals surface area contributed by atoms with Gasteiger partial charge in [-0.25, -0.2) is 4.79 Å². The molecule has 6 heteroatoms. The minimum absolute atomic E-state index is 0.00206. The second kappa shape index (κ2) is 4.79. The number of nitrogens with zero attached hydrogens (tertiary/aromatic N) is 1. The summed E-state index contributed by atoms with van der Waals surface area (Å²) in [5.74, 6) is 0.130. The van der Waals surface area contributed by atoms with Gasteiger partial charge in [-0.15, -0.1) is 0 Å². The van der Waals surface area contributed by atoms with Crippen LogP contribution in [0.3, 0.4) is 0 Å². The van der Waals surface area contributed by atoms with E-state index in [0.717, 1.165) is 6.20 Å². The van der Waals surface area contributed by atoms with Gasteiger partial charge in [-0.3, -0.25) is 0 Å². The van der Waals surface area contributed by atoms with Crippen molar-refractivity contribution in [3.63, 3.8) is 0 Å².